The molecule has 4 aromatic rings. The van der Waals surface area contributed by atoms with Crippen LogP contribution in [0, 0.1) is 11.3 Å². The van der Waals surface area contributed by atoms with E-state index in [2.05, 4.69) is 5.32 Å². The normalized spacial score (nSPS) is 12.1. The fraction of sp³-hybridized carbons (Fsp3) is 0.0385. The van der Waals surface area contributed by atoms with Gasteiger partial charge in [0.2, 0.25) is 0 Å². The lowest BCUT2D eigenvalue weighted by Gasteiger charge is -2.07. The number of rotatable bonds is 5. The number of benzene rings is 3. The first-order chi connectivity index (χ1) is 16.5. The van der Waals surface area contributed by atoms with Crippen LogP contribution in [0.1, 0.15) is 5.56 Å². The summed E-state index contributed by atoms with van der Waals surface area (Å²) in [5.41, 5.74) is 1.06. The number of nitrogens with one attached hydrogen (secondary N) is 1. The highest BCUT2D eigenvalue weighted by atomic mass is 35.5. The van der Waals surface area contributed by atoms with E-state index >= 15 is 0 Å². The van der Waals surface area contributed by atoms with E-state index in [1.165, 1.54) is 4.57 Å². The number of amides is 1. The van der Waals surface area contributed by atoms with Gasteiger partial charge in [0.05, 0.1) is 28.0 Å². The molecule has 1 heterocycles. The number of carbonyl (C=O) groups is 1. The van der Waals surface area contributed by atoms with Crippen LogP contribution >= 0.6 is 22.9 Å². The lowest BCUT2D eigenvalue weighted by atomic mass is 10.2. The Morgan fingerprint density at radius 3 is 2.44 bits per heavy atom. The minimum absolute atomic E-state index is 0.203. The fourth-order valence-corrected chi connectivity index (χ4v) is 4.61. The van der Waals surface area contributed by atoms with Crippen molar-refractivity contribution in [1.82, 2.24) is 4.57 Å². The van der Waals surface area contributed by atoms with Gasteiger partial charge in [0.15, 0.2) is 5.57 Å². The molecule has 1 aromatic heterocycles. The van der Waals surface area contributed by atoms with Crippen molar-refractivity contribution >= 4 is 46.2 Å². The Kier molecular flexibility index (Phi) is 6.93. The molecule has 0 bridgehead atoms. The molecule has 8 heteroatoms. The molecule has 4 rings (SSSR count). The number of hydrogen-bond acceptors (Lipinski definition) is 5. The monoisotopic (exact) mass is 487 g/mol. The van der Waals surface area contributed by atoms with E-state index in [0.717, 1.165) is 11.3 Å². The van der Waals surface area contributed by atoms with Gasteiger partial charge in [-0.2, -0.15) is 5.26 Å². The van der Waals surface area contributed by atoms with E-state index < -0.39 is 5.91 Å². The standard InChI is InChI=1S/C26H18ClN3O3S/c1-33-22-14-8-5-9-17(22)15-23-25(32)30(18-10-3-2-4-11-18)26(34-23)19(16-28)24(31)29-21-13-7-6-12-20(21)27/h2-15H,1H3,(H,29,31)/b23-15+,26-19+. The van der Waals surface area contributed by atoms with Crippen molar-refractivity contribution in [3.05, 3.63) is 109 Å². The first kappa shape index (κ1) is 23.1. The lowest BCUT2D eigenvalue weighted by Crippen LogP contribution is -2.32. The summed E-state index contributed by atoms with van der Waals surface area (Å²) in [7, 11) is 1.55. The average Bonchev–Trinajstić information content (AvgIpc) is 3.17. The largest absolute Gasteiger partial charge is 0.496 e. The number of thiazole rings is 1. The Bertz CT molecular complexity index is 1580. The maximum absolute atomic E-state index is 13.5. The molecule has 0 aliphatic rings. The third kappa shape index (κ3) is 4.64. The molecule has 3 aromatic carbocycles. The second-order valence-corrected chi connectivity index (χ2v) is 8.49. The average molecular weight is 488 g/mol. The van der Waals surface area contributed by atoms with Crippen LogP contribution in [0.2, 0.25) is 5.02 Å². The summed E-state index contributed by atoms with van der Waals surface area (Å²) in [6.07, 6.45) is 1.69. The summed E-state index contributed by atoms with van der Waals surface area (Å²) in [5.74, 6) is -0.0607. The third-order valence-electron chi connectivity index (χ3n) is 4.94. The first-order valence-corrected chi connectivity index (χ1v) is 11.3. The number of carbonyl (C=O) groups excluding carboxylic acids is 1. The van der Waals surface area contributed by atoms with Crippen LogP contribution in [0.4, 0.5) is 5.69 Å². The summed E-state index contributed by atoms with van der Waals surface area (Å²) in [6.45, 7) is 0. The minimum atomic E-state index is -0.662. The van der Waals surface area contributed by atoms with E-state index in [9.17, 15) is 14.9 Å². The van der Waals surface area contributed by atoms with Crippen molar-refractivity contribution in [2.45, 2.75) is 0 Å². The van der Waals surface area contributed by atoms with Gasteiger partial charge in [0, 0.05) is 5.56 Å². The molecule has 1 N–H and O–H groups in total. The van der Waals surface area contributed by atoms with Crippen molar-refractivity contribution in [3.63, 3.8) is 0 Å². The molecular weight excluding hydrogens is 470 g/mol. The van der Waals surface area contributed by atoms with E-state index in [-0.39, 0.29) is 15.8 Å². The second kappa shape index (κ2) is 10.2. The van der Waals surface area contributed by atoms with Crippen LogP contribution in [0.5, 0.6) is 5.75 Å². The Morgan fingerprint density at radius 1 is 1.06 bits per heavy atom. The number of para-hydroxylation sites is 3. The Labute approximate surface area is 204 Å². The summed E-state index contributed by atoms with van der Waals surface area (Å²) in [5, 5.41) is 12.9. The van der Waals surface area contributed by atoms with Crippen LogP contribution in [-0.2, 0) is 4.79 Å². The number of aromatic nitrogens is 1. The predicted octanol–water partition coefficient (Wildman–Crippen LogP) is 3.70. The minimum Gasteiger partial charge on any atom is -0.496 e. The smallest absolute Gasteiger partial charge is 0.273 e. The van der Waals surface area contributed by atoms with Crippen LogP contribution in [-0.4, -0.2) is 17.6 Å². The molecule has 168 valence electrons. The van der Waals surface area contributed by atoms with Crippen molar-refractivity contribution < 1.29 is 9.53 Å². The van der Waals surface area contributed by atoms with Gasteiger partial charge in [-0.25, -0.2) is 0 Å². The molecular formula is C26H18ClN3O3S. The Morgan fingerprint density at radius 2 is 1.74 bits per heavy atom. The van der Waals surface area contributed by atoms with Gasteiger partial charge < -0.3 is 10.1 Å². The van der Waals surface area contributed by atoms with Crippen molar-refractivity contribution in [1.29, 1.82) is 5.26 Å². The van der Waals surface area contributed by atoms with E-state index in [1.54, 1.807) is 67.8 Å². The summed E-state index contributed by atoms with van der Waals surface area (Å²) in [6, 6.07) is 24.8. The first-order valence-electron chi connectivity index (χ1n) is 10.2. The van der Waals surface area contributed by atoms with Crippen molar-refractivity contribution in [3.8, 4) is 17.5 Å². The topological polar surface area (TPSA) is 84.1 Å². The summed E-state index contributed by atoms with van der Waals surface area (Å²) >= 11 is 7.22. The number of ether oxygens (including phenoxy) is 1. The fourth-order valence-electron chi connectivity index (χ4n) is 3.33. The lowest BCUT2D eigenvalue weighted by molar-refractivity contribution is -0.111. The molecule has 1 amide bonds. The van der Waals surface area contributed by atoms with E-state index in [1.807, 2.05) is 30.3 Å². The highest BCUT2D eigenvalue weighted by molar-refractivity contribution is 7.07. The quantitative estimate of drug-likeness (QED) is 0.465. The van der Waals surface area contributed by atoms with Crippen LogP contribution in [0.3, 0.4) is 0 Å². The highest BCUT2D eigenvalue weighted by Gasteiger charge is 2.18. The maximum Gasteiger partial charge on any atom is 0.273 e. The Hall–Kier alpha value is -4.12. The van der Waals surface area contributed by atoms with Crippen molar-refractivity contribution in [2.75, 3.05) is 12.4 Å². The van der Waals surface area contributed by atoms with Gasteiger partial charge in [-0.1, -0.05) is 60.1 Å². The highest BCUT2D eigenvalue weighted by Crippen LogP contribution is 2.21. The SMILES string of the molecule is COc1ccccc1/C=c1/s/c(=C(\C#N)C(=O)Nc2ccccc2Cl)n(-c2ccccc2)c1=O. The molecule has 0 fully saturated rings. The summed E-state index contributed by atoms with van der Waals surface area (Å²) < 4.78 is 7.33. The molecule has 0 saturated heterocycles. The zero-order valence-corrected chi connectivity index (χ0v) is 19.6. The maximum atomic E-state index is 13.5. The number of halogens is 1. The van der Waals surface area contributed by atoms with Crippen LogP contribution in [0.25, 0.3) is 17.3 Å². The molecule has 0 radical (unpaired) electrons. The van der Waals surface area contributed by atoms with Gasteiger partial charge in [-0.15, -0.1) is 11.3 Å². The molecule has 0 aliphatic carbocycles. The molecule has 0 atom stereocenters. The number of anilines is 1. The third-order valence-corrected chi connectivity index (χ3v) is 6.36. The molecule has 34 heavy (non-hydrogen) atoms. The van der Waals surface area contributed by atoms with Gasteiger partial charge in [-0.3, -0.25) is 14.2 Å². The van der Waals surface area contributed by atoms with Gasteiger partial charge >= 0.3 is 0 Å². The number of methoxy groups -OCH3 is 1. The van der Waals surface area contributed by atoms with Gasteiger partial charge in [-0.05, 0) is 36.4 Å². The molecule has 0 unspecified atom stereocenters. The Balaban J connectivity index is 1.98. The van der Waals surface area contributed by atoms with Gasteiger partial charge in [0.25, 0.3) is 11.5 Å². The second-order valence-electron chi connectivity index (χ2n) is 7.05. The van der Waals surface area contributed by atoms with Crippen LogP contribution < -0.4 is 24.8 Å². The zero-order chi connectivity index (χ0) is 24.1. The number of nitrogens with zero attached hydrogens (tertiary/aromatic N) is 2. The molecule has 0 aliphatic heterocycles. The van der Waals surface area contributed by atoms with E-state index in [0.29, 0.717) is 32.2 Å². The summed E-state index contributed by atoms with van der Waals surface area (Å²) in [4.78, 5) is 26.6. The van der Waals surface area contributed by atoms with Gasteiger partial charge in [0.1, 0.15) is 16.5 Å². The molecule has 6 nitrogen and oxygen atoms in total. The zero-order valence-electron chi connectivity index (χ0n) is 18.0. The van der Waals surface area contributed by atoms with Crippen molar-refractivity contribution in [2.24, 2.45) is 0 Å². The predicted molar refractivity (Wildman–Crippen MR) is 135 cm³/mol. The number of nitriles is 1. The van der Waals surface area contributed by atoms with Crippen LogP contribution in [0.15, 0.2) is 83.7 Å². The molecule has 0 saturated carbocycles. The number of hydrogen-bond donors (Lipinski definition) is 1. The molecule has 0 spiro atoms. The van der Waals surface area contributed by atoms with E-state index in [4.69, 9.17) is 16.3 Å².